The zero-order chi connectivity index (χ0) is 12.6. The summed E-state index contributed by atoms with van der Waals surface area (Å²) in [6.45, 7) is 6.27. The van der Waals surface area contributed by atoms with Crippen LogP contribution in [0.5, 0.6) is 0 Å². The van der Waals surface area contributed by atoms with E-state index in [0.29, 0.717) is 12.4 Å². The summed E-state index contributed by atoms with van der Waals surface area (Å²) in [5, 5.41) is 0.141. The minimum atomic E-state index is -0.377. The van der Waals surface area contributed by atoms with Crippen LogP contribution in [0.25, 0.3) is 0 Å². The number of carbonyl (C=O) groups excluding carboxylic acids is 1. The SMILES string of the molecule is Cc1cc(N2C(=O)OCC2C(C)C)nc(Cl)n1. The molecule has 2 heterocycles. The Labute approximate surface area is 105 Å². The molecule has 1 atom stereocenters. The molecule has 1 aromatic rings. The molecule has 0 bridgehead atoms. The van der Waals surface area contributed by atoms with Crippen LogP contribution in [0, 0.1) is 12.8 Å². The van der Waals surface area contributed by atoms with Gasteiger partial charge in [-0.1, -0.05) is 13.8 Å². The fourth-order valence-electron chi connectivity index (χ4n) is 1.83. The number of aromatic nitrogens is 2. The lowest BCUT2D eigenvalue weighted by atomic mass is 10.0. The van der Waals surface area contributed by atoms with Crippen molar-refractivity contribution in [3.05, 3.63) is 17.0 Å². The minimum absolute atomic E-state index is 0.00660. The Morgan fingerprint density at radius 1 is 1.53 bits per heavy atom. The first-order valence-corrected chi connectivity index (χ1v) is 5.84. The van der Waals surface area contributed by atoms with E-state index in [4.69, 9.17) is 16.3 Å². The van der Waals surface area contributed by atoms with Crippen LogP contribution >= 0.6 is 11.6 Å². The highest BCUT2D eigenvalue weighted by molar-refractivity contribution is 6.28. The summed E-state index contributed by atoms with van der Waals surface area (Å²) in [6.07, 6.45) is -0.377. The van der Waals surface area contributed by atoms with Crippen molar-refractivity contribution in [3.63, 3.8) is 0 Å². The first-order chi connectivity index (χ1) is 7.99. The third-order valence-electron chi connectivity index (χ3n) is 2.74. The number of hydrogen-bond donors (Lipinski definition) is 0. The predicted octanol–water partition coefficient (Wildman–Crippen LogP) is 2.42. The van der Waals surface area contributed by atoms with Crippen LogP contribution in [-0.4, -0.2) is 28.7 Å². The average Bonchev–Trinajstić information content (AvgIpc) is 2.58. The molecule has 1 aromatic heterocycles. The molecule has 0 radical (unpaired) electrons. The second-order valence-corrected chi connectivity index (χ2v) is 4.73. The van der Waals surface area contributed by atoms with Gasteiger partial charge in [0.15, 0.2) is 0 Å². The molecule has 1 amide bonds. The Morgan fingerprint density at radius 2 is 2.24 bits per heavy atom. The molecule has 1 unspecified atom stereocenters. The maximum Gasteiger partial charge on any atom is 0.415 e. The van der Waals surface area contributed by atoms with E-state index in [2.05, 4.69) is 9.97 Å². The topological polar surface area (TPSA) is 55.3 Å². The van der Waals surface area contributed by atoms with Gasteiger partial charge in [0.1, 0.15) is 12.4 Å². The molecule has 2 rings (SSSR count). The summed E-state index contributed by atoms with van der Waals surface area (Å²) in [7, 11) is 0. The maximum atomic E-state index is 11.7. The van der Waals surface area contributed by atoms with Crippen molar-refractivity contribution in [2.45, 2.75) is 26.8 Å². The number of rotatable bonds is 2. The van der Waals surface area contributed by atoms with E-state index in [-0.39, 0.29) is 23.3 Å². The predicted molar refractivity (Wildman–Crippen MR) is 64.2 cm³/mol. The largest absolute Gasteiger partial charge is 0.447 e. The van der Waals surface area contributed by atoms with Gasteiger partial charge in [0.25, 0.3) is 0 Å². The van der Waals surface area contributed by atoms with Crippen LogP contribution in [0.4, 0.5) is 10.6 Å². The van der Waals surface area contributed by atoms with Crippen LogP contribution in [-0.2, 0) is 4.74 Å². The number of carbonyl (C=O) groups is 1. The molecular weight excluding hydrogens is 242 g/mol. The quantitative estimate of drug-likeness (QED) is 0.762. The number of aryl methyl sites for hydroxylation is 1. The van der Waals surface area contributed by atoms with Crippen molar-refractivity contribution in [3.8, 4) is 0 Å². The van der Waals surface area contributed by atoms with Gasteiger partial charge in [0, 0.05) is 11.8 Å². The molecule has 1 aliphatic rings. The number of amides is 1. The summed E-state index contributed by atoms with van der Waals surface area (Å²) in [5.74, 6) is 0.791. The van der Waals surface area contributed by atoms with Gasteiger partial charge in [-0.3, -0.25) is 4.90 Å². The average molecular weight is 256 g/mol. The lowest BCUT2D eigenvalue weighted by molar-refractivity contribution is 0.177. The minimum Gasteiger partial charge on any atom is -0.447 e. The summed E-state index contributed by atoms with van der Waals surface area (Å²) in [4.78, 5) is 21.3. The van der Waals surface area contributed by atoms with E-state index < -0.39 is 0 Å². The zero-order valence-corrected chi connectivity index (χ0v) is 10.7. The van der Waals surface area contributed by atoms with Crippen LogP contribution in [0.2, 0.25) is 5.28 Å². The molecule has 0 aromatic carbocycles. The smallest absolute Gasteiger partial charge is 0.415 e. The highest BCUT2D eigenvalue weighted by atomic mass is 35.5. The monoisotopic (exact) mass is 255 g/mol. The molecule has 0 aliphatic carbocycles. The zero-order valence-electron chi connectivity index (χ0n) is 9.98. The van der Waals surface area contributed by atoms with Crippen molar-refractivity contribution in [2.75, 3.05) is 11.5 Å². The maximum absolute atomic E-state index is 11.7. The summed E-state index contributed by atoms with van der Waals surface area (Å²) >= 11 is 5.80. The molecule has 17 heavy (non-hydrogen) atoms. The second kappa shape index (κ2) is 4.49. The van der Waals surface area contributed by atoms with Crippen molar-refractivity contribution < 1.29 is 9.53 Å². The molecule has 1 aliphatic heterocycles. The van der Waals surface area contributed by atoms with Gasteiger partial charge < -0.3 is 4.74 Å². The Hall–Kier alpha value is -1.36. The van der Waals surface area contributed by atoms with Gasteiger partial charge in [0.2, 0.25) is 5.28 Å². The first-order valence-electron chi connectivity index (χ1n) is 5.46. The molecule has 0 spiro atoms. The number of hydrogen-bond acceptors (Lipinski definition) is 4. The van der Waals surface area contributed by atoms with Crippen LogP contribution < -0.4 is 4.90 Å². The molecule has 1 fully saturated rings. The number of ether oxygens (including phenoxy) is 1. The number of anilines is 1. The summed E-state index contributed by atoms with van der Waals surface area (Å²) < 4.78 is 5.06. The Kier molecular flexibility index (Phi) is 3.19. The van der Waals surface area contributed by atoms with E-state index in [9.17, 15) is 4.79 Å². The Balaban J connectivity index is 2.39. The fourth-order valence-corrected chi connectivity index (χ4v) is 2.05. The van der Waals surface area contributed by atoms with Crippen molar-refractivity contribution in [1.29, 1.82) is 0 Å². The van der Waals surface area contributed by atoms with Crippen LogP contribution in [0.15, 0.2) is 6.07 Å². The van der Waals surface area contributed by atoms with E-state index in [0.717, 1.165) is 5.69 Å². The van der Waals surface area contributed by atoms with Gasteiger partial charge >= 0.3 is 6.09 Å². The first kappa shape index (κ1) is 12.1. The van der Waals surface area contributed by atoms with Crippen molar-refractivity contribution in [1.82, 2.24) is 9.97 Å². The highest BCUT2D eigenvalue weighted by Crippen LogP contribution is 2.26. The van der Waals surface area contributed by atoms with Gasteiger partial charge in [-0.15, -0.1) is 0 Å². The lowest BCUT2D eigenvalue weighted by Crippen LogP contribution is -2.37. The third kappa shape index (κ3) is 2.34. The number of cyclic esters (lactones) is 1. The Morgan fingerprint density at radius 3 is 2.82 bits per heavy atom. The molecule has 0 N–H and O–H groups in total. The molecule has 0 saturated carbocycles. The molecule has 92 valence electrons. The van der Waals surface area contributed by atoms with Crippen LogP contribution in [0.1, 0.15) is 19.5 Å². The van der Waals surface area contributed by atoms with Crippen molar-refractivity contribution >= 4 is 23.5 Å². The van der Waals surface area contributed by atoms with E-state index in [1.807, 2.05) is 20.8 Å². The fraction of sp³-hybridized carbons (Fsp3) is 0.545. The van der Waals surface area contributed by atoms with Gasteiger partial charge in [0.05, 0.1) is 6.04 Å². The second-order valence-electron chi connectivity index (χ2n) is 4.39. The lowest BCUT2D eigenvalue weighted by Gasteiger charge is -2.23. The highest BCUT2D eigenvalue weighted by Gasteiger charge is 2.37. The molecule has 5 nitrogen and oxygen atoms in total. The molecule has 6 heteroatoms. The molecular formula is C11H14ClN3O2. The standard InChI is InChI=1S/C11H14ClN3O2/c1-6(2)8-5-17-11(16)15(8)9-4-7(3)13-10(12)14-9/h4,6,8H,5H2,1-3H3. The van der Waals surface area contributed by atoms with Gasteiger partial charge in [-0.05, 0) is 24.4 Å². The molecule has 1 saturated heterocycles. The number of halogens is 1. The van der Waals surface area contributed by atoms with Crippen molar-refractivity contribution in [2.24, 2.45) is 5.92 Å². The van der Waals surface area contributed by atoms with Gasteiger partial charge in [-0.25, -0.2) is 14.8 Å². The number of nitrogens with zero attached hydrogens (tertiary/aromatic N) is 3. The van der Waals surface area contributed by atoms with E-state index >= 15 is 0 Å². The summed E-state index contributed by atoms with van der Waals surface area (Å²) in [6, 6.07) is 1.72. The van der Waals surface area contributed by atoms with E-state index in [1.54, 1.807) is 11.0 Å². The van der Waals surface area contributed by atoms with E-state index in [1.165, 1.54) is 0 Å². The summed E-state index contributed by atoms with van der Waals surface area (Å²) in [5.41, 5.74) is 0.724. The van der Waals surface area contributed by atoms with Gasteiger partial charge in [-0.2, -0.15) is 0 Å². The normalized spacial score (nSPS) is 19.9. The Bertz CT molecular complexity index is 430. The third-order valence-corrected chi connectivity index (χ3v) is 2.90. The van der Waals surface area contributed by atoms with Crippen LogP contribution in [0.3, 0.4) is 0 Å².